The van der Waals surface area contributed by atoms with Gasteiger partial charge in [0.05, 0.1) is 5.69 Å². The average Bonchev–Trinajstić information content (AvgIpc) is 3.15. The summed E-state index contributed by atoms with van der Waals surface area (Å²) in [6.07, 6.45) is 7.85. The van der Waals surface area contributed by atoms with E-state index in [0.717, 1.165) is 61.7 Å². The van der Waals surface area contributed by atoms with Gasteiger partial charge in [-0.15, -0.1) is 10.2 Å². The highest BCUT2D eigenvalue weighted by atomic mass is 35.5. The zero-order valence-corrected chi connectivity index (χ0v) is 20.1. The molecule has 1 atom stereocenters. The Morgan fingerprint density at radius 3 is 2.70 bits per heavy atom. The molecule has 33 heavy (non-hydrogen) atoms. The fourth-order valence-electron chi connectivity index (χ4n) is 5.06. The van der Waals surface area contributed by atoms with Crippen LogP contribution >= 0.6 is 11.6 Å². The van der Waals surface area contributed by atoms with Gasteiger partial charge in [0, 0.05) is 35.7 Å². The Hall–Kier alpha value is -2.44. The minimum absolute atomic E-state index is 0.207. The number of pyridine rings is 1. The van der Waals surface area contributed by atoms with Gasteiger partial charge in [0.1, 0.15) is 17.8 Å². The standard InChI is InChI=1S/C26H32ClN5O/c1-17(2)16-29-21-14-19-13-20(27)8-11-23(19)32-24(15-21)30-31-26(32)18-6-9-22(10-7-18)33-25-5-3-4-12-28-25/h3-5,8,11-13,17-18,21-22,29H,6-7,9-10,14-16H2,1-2H3. The summed E-state index contributed by atoms with van der Waals surface area (Å²) in [5, 5.41) is 13.9. The number of ether oxygens (including phenoxy) is 1. The molecule has 0 saturated heterocycles. The molecule has 2 aromatic heterocycles. The van der Waals surface area contributed by atoms with E-state index < -0.39 is 0 Å². The number of aromatic nitrogens is 4. The SMILES string of the molecule is CC(C)CNC1Cc2cc(Cl)ccc2-n2c(nnc2C2CCC(Oc3ccccn3)CC2)C1. The third kappa shape index (κ3) is 5.07. The van der Waals surface area contributed by atoms with Crippen LogP contribution in [0.25, 0.3) is 5.69 Å². The Morgan fingerprint density at radius 1 is 1.09 bits per heavy atom. The Labute approximate surface area is 200 Å². The average molecular weight is 466 g/mol. The molecule has 1 aliphatic carbocycles. The number of hydrogen-bond acceptors (Lipinski definition) is 5. The van der Waals surface area contributed by atoms with E-state index in [0.29, 0.717) is 23.8 Å². The van der Waals surface area contributed by atoms with E-state index in [1.165, 1.54) is 11.3 Å². The van der Waals surface area contributed by atoms with Crippen LogP contribution in [-0.4, -0.2) is 38.4 Å². The summed E-state index contributed by atoms with van der Waals surface area (Å²) in [5.41, 5.74) is 2.44. The van der Waals surface area contributed by atoms with Crippen LogP contribution in [0.1, 0.15) is 62.7 Å². The van der Waals surface area contributed by atoms with E-state index in [4.69, 9.17) is 21.4 Å². The zero-order valence-electron chi connectivity index (χ0n) is 19.4. The van der Waals surface area contributed by atoms with Crippen molar-refractivity contribution >= 4 is 11.6 Å². The summed E-state index contributed by atoms with van der Waals surface area (Å²) in [6, 6.07) is 12.3. The molecule has 0 amide bonds. The molecule has 1 unspecified atom stereocenters. The van der Waals surface area contributed by atoms with Crippen LogP contribution in [0.15, 0.2) is 42.6 Å². The number of rotatable bonds is 6. The molecule has 0 spiro atoms. The van der Waals surface area contributed by atoms with Crippen molar-refractivity contribution in [1.29, 1.82) is 0 Å². The predicted octanol–water partition coefficient (Wildman–Crippen LogP) is 5.13. The molecule has 1 fully saturated rings. The lowest BCUT2D eigenvalue weighted by atomic mass is 9.86. The van der Waals surface area contributed by atoms with E-state index in [2.05, 4.69) is 45.9 Å². The van der Waals surface area contributed by atoms with Gasteiger partial charge in [0.15, 0.2) is 0 Å². The van der Waals surface area contributed by atoms with Crippen molar-refractivity contribution in [2.75, 3.05) is 6.54 Å². The maximum atomic E-state index is 6.40. The first-order chi connectivity index (χ1) is 16.1. The summed E-state index contributed by atoms with van der Waals surface area (Å²) in [5.74, 6) is 3.80. The van der Waals surface area contributed by atoms with Crippen LogP contribution in [0.3, 0.4) is 0 Å². The van der Waals surface area contributed by atoms with Gasteiger partial charge in [-0.1, -0.05) is 31.5 Å². The molecule has 5 rings (SSSR count). The van der Waals surface area contributed by atoms with Crippen molar-refractivity contribution < 1.29 is 4.74 Å². The Morgan fingerprint density at radius 2 is 1.94 bits per heavy atom. The molecule has 7 heteroatoms. The normalized spacial score (nSPS) is 22.5. The molecule has 1 aromatic carbocycles. The minimum atomic E-state index is 0.207. The Bertz CT molecular complexity index is 1080. The maximum absolute atomic E-state index is 6.40. The van der Waals surface area contributed by atoms with Crippen molar-refractivity contribution in [3.05, 3.63) is 64.8 Å². The van der Waals surface area contributed by atoms with Crippen LogP contribution in [0, 0.1) is 5.92 Å². The second kappa shape index (κ2) is 9.82. The number of hydrogen-bond donors (Lipinski definition) is 1. The third-order valence-corrected chi connectivity index (χ3v) is 6.95. The maximum Gasteiger partial charge on any atom is 0.213 e. The van der Waals surface area contributed by atoms with Crippen molar-refractivity contribution in [1.82, 2.24) is 25.1 Å². The summed E-state index contributed by atoms with van der Waals surface area (Å²) < 4.78 is 8.42. The molecule has 1 saturated carbocycles. The summed E-state index contributed by atoms with van der Waals surface area (Å²) in [7, 11) is 0. The second-order valence-corrected chi connectivity index (χ2v) is 10.2. The molecule has 2 aliphatic rings. The van der Waals surface area contributed by atoms with Crippen molar-refractivity contribution in [3.63, 3.8) is 0 Å². The molecular weight excluding hydrogens is 434 g/mol. The van der Waals surface area contributed by atoms with Crippen LogP contribution in [0.2, 0.25) is 5.02 Å². The van der Waals surface area contributed by atoms with E-state index in [9.17, 15) is 0 Å². The molecule has 0 radical (unpaired) electrons. The van der Waals surface area contributed by atoms with Crippen molar-refractivity contribution in [2.45, 2.75) is 70.4 Å². The highest BCUT2D eigenvalue weighted by Crippen LogP contribution is 2.37. The van der Waals surface area contributed by atoms with Gasteiger partial charge in [-0.25, -0.2) is 4.98 Å². The fourth-order valence-corrected chi connectivity index (χ4v) is 5.25. The van der Waals surface area contributed by atoms with Crippen LogP contribution in [-0.2, 0) is 12.8 Å². The molecule has 1 aliphatic heterocycles. The summed E-state index contributed by atoms with van der Waals surface area (Å²) in [6.45, 7) is 5.47. The van der Waals surface area contributed by atoms with E-state index >= 15 is 0 Å². The molecule has 0 bridgehead atoms. The zero-order chi connectivity index (χ0) is 22.8. The molecule has 174 valence electrons. The van der Waals surface area contributed by atoms with Gasteiger partial charge in [-0.05, 0) is 74.4 Å². The molecule has 3 heterocycles. The molecule has 6 nitrogen and oxygen atoms in total. The van der Waals surface area contributed by atoms with Gasteiger partial charge in [-0.2, -0.15) is 0 Å². The van der Waals surface area contributed by atoms with Gasteiger partial charge in [0.25, 0.3) is 0 Å². The van der Waals surface area contributed by atoms with E-state index in [1.54, 1.807) is 6.20 Å². The van der Waals surface area contributed by atoms with Crippen molar-refractivity contribution in [3.8, 4) is 11.6 Å². The molecule has 3 aromatic rings. The van der Waals surface area contributed by atoms with Crippen LogP contribution < -0.4 is 10.1 Å². The first-order valence-corrected chi connectivity index (χ1v) is 12.5. The Balaban J connectivity index is 1.37. The highest BCUT2D eigenvalue weighted by Gasteiger charge is 2.31. The quantitative estimate of drug-likeness (QED) is 0.546. The van der Waals surface area contributed by atoms with E-state index in [-0.39, 0.29) is 6.10 Å². The van der Waals surface area contributed by atoms with Gasteiger partial charge < -0.3 is 10.1 Å². The first-order valence-electron chi connectivity index (χ1n) is 12.1. The van der Waals surface area contributed by atoms with Crippen LogP contribution in [0.5, 0.6) is 5.88 Å². The van der Waals surface area contributed by atoms with Crippen LogP contribution in [0.4, 0.5) is 0 Å². The topological polar surface area (TPSA) is 64.9 Å². The lowest BCUT2D eigenvalue weighted by Crippen LogP contribution is -2.35. The molecular formula is C26H32ClN5O. The monoisotopic (exact) mass is 465 g/mol. The third-order valence-electron chi connectivity index (χ3n) is 6.71. The Kier molecular flexibility index (Phi) is 6.65. The van der Waals surface area contributed by atoms with Gasteiger partial charge in [0.2, 0.25) is 5.88 Å². The van der Waals surface area contributed by atoms with Gasteiger partial charge >= 0.3 is 0 Å². The minimum Gasteiger partial charge on any atom is -0.474 e. The van der Waals surface area contributed by atoms with Crippen molar-refractivity contribution in [2.24, 2.45) is 5.92 Å². The van der Waals surface area contributed by atoms with Gasteiger partial charge in [-0.3, -0.25) is 4.57 Å². The smallest absolute Gasteiger partial charge is 0.213 e. The number of halogens is 1. The predicted molar refractivity (Wildman–Crippen MR) is 130 cm³/mol. The number of fused-ring (bicyclic) bond motifs is 3. The first kappa shape index (κ1) is 22.4. The molecule has 1 N–H and O–H groups in total. The number of nitrogens with zero attached hydrogens (tertiary/aromatic N) is 4. The summed E-state index contributed by atoms with van der Waals surface area (Å²) >= 11 is 6.40. The summed E-state index contributed by atoms with van der Waals surface area (Å²) in [4.78, 5) is 4.31. The lowest BCUT2D eigenvalue weighted by molar-refractivity contribution is 0.139. The lowest BCUT2D eigenvalue weighted by Gasteiger charge is -2.28. The fraction of sp³-hybridized carbons (Fsp3) is 0.500. The number of benzene rings is 1. The number of nitrogens with one attached hydrogen (secondary N) is 1. The van der Waals surface area contributed by atoms with E-state index in [1.807, 2.05) is 24.3 Å². The highest BCUT2D eigenvalue weighted by molar-refractivity contribution is 6.30. The largest absolute Gasteiger partial charge is 0.474 e. The second-order valence-electron chi connectivity index (χ2n) is 9.75.